The van der Waals surface area contributed by atoms with E-state index >= 15 is 0 Å². The fourth-order valence-electron chi connectivity index (χ4n) is 3.02. The smallest absolute Gasteiger partial charge is 0.341 e. The van der Waals surface area contributed by atoms with Crippen LogP contribution in [0.15, 0.2) is 59.9 Å². The van der Waals surface area contributed by atoms with Crippen molar-refractivity contribution >= 4 is 17.8 Å². The maximum Gasteiger partial charge on any atom is 0.341 e. The second-order valence-electron chi connectivity index (χ2n) is 6.59. The number of nitrogens with zero attached hydrogens (tertiary/aromatic N) is 2. The molecule has 7 nitrogen and oxygen atoms in total. The number of benzene rings is 2. The maximum atomic E-state index is 12.1. The number of hydrogen-bond donors (Lipinski definition) is 0. The molecule has 1 aliphatic rings. The van der Waals surface area contributed by atoms with E-state index in [0.29, 0.717) is 30.1 Å². The lowest BCUT2D eigenvalue weighted by molar-refractivity contribution is -0.133. The zero-order chi connectivity index (χ0) is 21.2. The highest BCUT2D eigenvalue weighted by Gasteiger charge is 2.17. The van der Waals surface area contributed by atoms with E-state index in [9.17, 15) is 4.79 Å². The molecule has 3 rings (SSSR count). The number of rotatable bonds is 8. The molecule has 0 amide bonds. The second-order valence-corrected chi connectivity index (χ2v) is 6.59. The van der Waals surface area contributed by atoms with Crippen LogP contribution in [0.25, 0.3) is 5.57 Å². The van der Waals surface area contributed by atoms with Crippen molar-refractivity contribution in [1.82, 2.24) is 5.01 Å². The van der Waals surface area contributed by atoms with Gasteiger partial charge in [0.05, 0.1) is 53.0 Å². The largest absolute Gasteiger partial charge is 0.503 e. The molecular formula is C23H26N2O5. The number of carbonyl (C=O) groups is 1. The van der Waals surface area contributed by atoms with E-state index in [1.54, 1.807) is 0 Å². The van der Waals surface area contributed by atoms with Crippen LogP contribution in [-0.4, -0.2) is 57.7 Å². The summed E-state index contributed by atoms with van der Waals surface area (Å²) in [5, 5.41) is 6.49. The average Bonchev–Trinajstić information content (AvgIpc) is 2.80. The van der Waals surface area contributed by atoms with Crippen molar-refractivity contribution in [3.05, 3.63) is 71.5 Å². The highest BCUT2D eigenvalue weighted by molar-refractivity contribution is 6.16. The molecule has 158 valence electrons. The Morgan fingerprint density at radius 2 is 1.93 bits per heavy atom. The van der Waals surface area contributed by atoms with Gasteiger partial charge in [-0.2, -0.15) is 5.10 Å². The Labute approximate surface area is 176 Å². The molecular weight excluding hydrogens is 384 g/mol. The molecule has 0 saturated carbocycles. The molecule has 0 atom stereocenters. The third-order valence-electron chi connectivity index (χ3n) is 4.56. The average molecular weight is 410 g/mol. The summed E-state index contributed by atoms with van der Waals surface area (Å²) in [5.41, 5.74) is 2.84. The molecule has 1 heterocycles. The molecule has 2 aromatic carbocycles. The minimum absolute atomic E-state index is 0.290. The van der Waals surface area contributed by atoms with Gasteiger partial charge in [0, 0.05) is 0 Å². The molecule has 1 fully saturated rings. The number of ether oxygens (including phenoxy) is 4. The highest BCUT2D eigenvalue weighted by atomic mass is 16.5. The van der Waals surface area contributed by atoms with Crippen LogP contribution in [-0.2, 0) is 25.6 Å². The lowest BCUT2D eigenvalue weighted by Crippen LogP contribution is -2.32. The lowest BCUT2D eigenvalue weighted by atomic mass is 10.0. The summed E-state index contributed by atoms with van der Waals surface area (Å²) >= 11 is 0. The Morgan fingerprint density at radius 3 is 2.70 bits per heavy atom. The van der Waals surface area contributed by atoms with Crippen LogP contribution in [0.3, 0.4) is 0 Å². The van der Waals surface area contributed by atoms with Crippen molar-refractivity contribution in [3.63, 3.8) is 0 Å². The maximum absolute atomic E-state index is 12.1. The van der Waals surface area contributed by atoms with Gasteiger partial charge in [-0.1, -0.05) is 36.4 Å². The quantitative estimate of drug-likeness (QED) is 0.288. The van der Waals surface area contributed by atoms with Crippen molar-refractivity contribution in [3.8, 4) is 5.75 Å². The van der Waals surface area contributed by atoms with Crippen LogP contribution in [0.2, 0.25) is 0 Å². The molecule has 0 aliphatic carbocycles. The van der Waals surface area contributed by atoms with Crippen LogP contribution in [0.1, 0.15) is 16.7 Å². The number of morpholine rings is 1. The van der Waals surface area contributed by atoms with Gasteiger partial charge in [0.25, 0.3) is 0 Å². The summed E-state index contributed by atoms with van der Waals surface area (Å²) in [7, 11) is 2.83. The first-order valence-corrected chi connectivity index (χ1v) is 9.70. The molecule has 1 saturated heterocycles. The van der Waals surface area contributed by atoms with Crippen molar-refractivity contribution in [2.24, 2.45) is 5.10 Å². The SMILES string of the molecule is CO/C=C(/C(=O)OC)c1ccccc1COc1cccc(/C=N/N2CCOCC2)c1. The van der Waals surface area contributed by atoms with E-state index in [1.165, 1.54) is 20.5 Å². The molecule has 30 heavy (non-hydrogen) atoms. The van der Waals surface area contributed by atoms with E-state index in [4.69, 9.17) is 18.9 Å². The molecule has 0 bridgehead atoms. The van der Waals surface area contributed by atoms with Crippen LogP contribution >= 0.6 is 0 Å². The van der Waals surface area contributed by atoms with Crippen molar-refractivity contribution < 1.29 is 23.7 Å². The lowest BCUT2D eigenvalue weighted by Gasteiger charge is -2.23. The van der Waals surface area contributed by atoms with E-state index in [0.717, 1.165) is 24.2 Å². The Bertz CT molecular complexity index is 904. The van der Waals surface area contributed by atoms with Gasteiger partial charge in [-0.25, -0.2) is 4.79 Å². The molecule has 0 aromatic heterocycles. The Balaban J connectivity index is 1.71. The minimum atomic E-state index is -0.467. The third-order valence-corrected chi connectivity index (χ3v) is 4.56. The Kier molecular flexibility index (Phi) is 7.86. The van der Waals surface area contributed by atoms with E-state index in [2.05, 4.69) is 5.10 Å². The highest BCUT2D eigenvalue weighted by Crippen LogP contribution is 2.23. The third kappa shape index (κ3) is 5.84. The van der Waals surface area contributed by atoms with Crippen LogP contribution in [0, 0.1) is 0 Å². The standard InChI is InChI=1S/C23H26N2O5/c1-27-17-22(23(26)28-2)21-9-4-3-7-19(21)16-30-20-8-5-6-18(14-20)15-24-25-10-12-29-13-11-25/h3-9,14-15,17H,10-13,16H2,1-2H3/b22-17+,24-15+. The predicted molar refractivity (Wildman–Crippen MR) is 114 cm³/mol. The topological polar surface area (TPSA) is 69.6 Å². The summed E-state index contributed by atoms with van der Waals surface area (Å²) in [6.45, 7) is 3.27. The van der Waals surface area contributed by atoms with Crippen molar-refractivity contribution in [2.75, 3.05) is 40.5 Å². The summed E-state index contributed by atoms with van der Waals surface area (Å²) in [5.74, 6) is 0.247. The van der Waals surface area contributed by atoms with Crippen LogP contribution < -0.4 is 4.74 Å². The minimum Gasteiger partial charge on any atom is -0.503 e. The van der Waals surface area contributed by atoms with Crippen molar-refractivity contribution in [2.45, 2.75) is 6.61 Å². The second kappa shape index (κ2) is 11.0. The summed E-state index contributed by atoms with van der Waals surface area (Å²) in [4.78, 5) is 12.1. The van der Waals surface area contributed by atoms with E-state index < -0.39 is 5.97 Å². The predicted octanol–water partition coefficient (Wildman–Crippen LogP) is 3.09. The van der Waals surface area contributed by atoms with Gasteiger partial charge in [-0.15, -0.1) is 0 Å². The number of methoxy groups -OCH3 is 2. The summed E-state index contributed by atoms with van der Waals surface area (Å²) in [6.07, 6.45) is 3.20. The molecule has 0 radical (unpaired) electrons. The van der Waals surface area contributed by atoms with Gasteiger partial charge in [-0.05, 0) is 28.8 Å². The molecule has 0 spiro atoms. The fourth-order valence-corrected chi connectivity index (χ4v) is 3.02. The number of hydrogen-bond acceptors (Lipinski definition) is 7. The van der Waals surface area contributed by atoms with E-state index in [-0.39, 0.29) is 6.61 Å². The first-order chi connectivity index (χ1) is 14.7. The normalized spacial score (nSPS) is 14.6. The van der Waals surface area contributed by atoms with Crippen molar-refractivity contribution in [1.29, 1.82) is 0 Å². The van der Waals surface area contributed by atoms with Gasteiger partial charge in [-0.3, -0.25) is 5.01 Å². The Morgan fingerprint density at radius 1 is 1.13 bits per heavy atom. The monoisotopic (exact) mass is 410 g/mol. The van der Waals surface area contributed by atoms with Gasteiger partial charge in [0.1, 0.15) is 17.9 Å². The Hall–Kier alpha value is -3.32. The first kappa shape index (κ1) is 21.4. The van der Waals surface area contributed by atoms with Gasteiger partial charge in [0.15, 0.2) is 0 Å². The van der Waals surface area contributed by atoms with Gasteiger partial charge < -0.3 is 18.9 Å². The fraction of sp³-hybridized carbons (Fsp3) is 0.304. The molecule has 0 unspecified atom stereocenters. The van der Waals surface area contributed by atoms with Gasteiger partial charge >= 0.3 is 5.97 Å². The van der Waals surface area contributed by atoms with Crippen LogP contribution in [0.5, 0.6) is 5.75 Å². The molecule has 7 heteroatoms. The summed E-state index contributed by atoms with van der Waals surface area (Å²) in [6, 6.07) is 15.2. The number of hydrazone groups is 1. The molecule has 1 aliphatic heterocycles. The first-order valence-electron chi connectivity index (χ1n) is 9.70. The van der Waals surface area contributed by atoms with Gasteiger partial charge in [0.2, 0.25) is 0 Å². The van der Waals surface area contributed by atoms with Crippen LogP contribution in [0.4, 0.5) is 0 Å². The zero-order valence-electron chi connectivity index (χ0n) is 17.2. The number of esters is 1. The molecule has 0 N–H and O–H groups in total. The zero-order valence-corrected chi connectivity index (χ0v) is 17.2. The summed E-state index contributed by atoms with van der Waals surface area (Å²) < 4.78 is 21.3. The van der Waals surface area contributed by atoms with E-state index in [1.807, 2.05) is 59.8 Å². The number of carbonyl (C=O) groups excluding carboxylic acids is 1. The molecule has 2 aromatic rings.